The highest BCUT2D eigenvalue weighted by Gasteiger charge is 2.04. The zero-order chi connectivity index (χ0) is 15.4. The summed E-state index contributed by atoms with van der Waals surface area (Å²) >= 11 is 0. The Kier molecular flexibility index (Phi) is 3.92. The highest BCUT2D eigenvalue weighted by molar-refractivity contribution is 5.73. The minimum Gasteiger partial charge on any atom is -0.495 e. The second-order valence-corrected chi connectivity index (χ2v) is 4.88. The van der Waals surface area contributed by atoms with E-state index in [1.54, 1.807) is 13.3 Å². The van der Waals surface area contributed by atoms with E-state index in [1.807, 2.05) is 60.7 Å². The van der Waals surface area contributed by atoms with Gasteiger partial charge in [0, 0.05) is 11.9 Å². The van der Waals surface area contributed by atoms with E-state index >= 15 is 0 Å². The molecule has 3 aromatic rings. The first kappa shape index (κ1) is 13.9. The van der Waals surface area contributed by atoms with Crippen molar-refractivity contribution in [2.24, 2.45) is 0 Å². The number of benzene rings is 2. The molecule has 4 nitrogen and oxygen atoms in total. The number of hydrogen-bond acceptors (Lipinski definition) is 4. The van der Waals surface area contributed by atoms with E-state index in [1.165, 1.54) is 0 Å². The van der Waals surface area contributed by atoms with Crippen LogP contribution in [-0.2, 0) is 0 Å². The van der Waals surface area contributed by atoms with E-state index in [0.29, 0.717) is 11.4 Å². The van der Waals surface area contributed by atoms with E-state index in [2.05, 4.69) is 10.3 Å². The SMILES string of the molecule is COc1ccc(-c2ccnc(Nc3ccccc3)c2)cc1N. The van der Waals surface area contributed by atoms with Crippen LogP contribution in [0.1, 0.15) is 0 Å². The molecule has 0 spiro atoms. The van der Waals surface area contributed by atoms with Gasteiger partial charge in [-0.05, 0) is 47.5 Å². The minimum absolute atomic E-state index is 0.620. The van der Waals surface area contributed by atoms with E-state index in [-0.39, 0.29) is 0 Å². The van der Waals surface area contributed by atoms with E-state index in [0.717, 1.165) is 22.6 Å². The first-order valence-corrected chi connectivity index (χ1v) is 6.98. The smallest absolute Gasteiger partial charge is 0.141 e. The first-order chi connectivity index (χ1) is 10.8. The van der Waals surface area contributed by atoms with Crippen molar-refractivity contribution in [3.05, 3.63) is 66.9 Å². The maximum absolute atomic E-state index is 5.97. The number of anilines is 3. The molecular weight excluding hydrogens is 274 g/mol. The second-order valence-electron chi connectivity index (χ2n) is 4.88. The molecule has 2 aromatic carbocycles. The largest absolute Gasteiger partial charge is 0.495 e. The summed E-state index contributed by atoms with van der Waals surface area (Å²) in [6.45, 7) is 0. The number of para-hydroxylation sites is 1. The Morgan fingerprint density at radius 2 is 1.73 bits per heavy atom. The lowest BCUT2D eigenvalue weighted by atomic mass is 10.1. The molecule has 110 valence electrons. The number of nitrogens with one attached hydrogen (secondary N) is 1. The number of ether oxygens (including phenoxy) is 1. The molecule has 4 heteroatoms. The Morgan fingerprint density at radius 1 is 0.955 bits per heavy atom. The Balaban J connectivity index is 1.89. The van der Waals surface area contributed by atoms with Crippen LogP contribution in [0, 0.1) is 0 Å². The number of nitrogens with two attached hydrogens (primary N) is 1. The van der Waals surface area contributed by atoms with Gasteiger partial charge in [-0.1, -0.05) is 24.3 Å². The Labute approximate surface area is 129 Å². The van der Waals surface area contributed by atoms with Gasteiger partial charge >= 0.3 is 0 Å². The van der Waals surface area contributed by atoms with Crippen LogP contribution in [-0.4, -0.2) is 12.1 Å². The maximum atomic E-state index is 5.97. The summed E-state index contributed by atoms with van der Waals surface area (Å²) in [4.78, 5) is 4.35. The summed E-state index contributed by atoms with van der Waals surface area (Å²) in [6, 6.07) is 19.7. The molecule has 0 aliphatic rings. The second kappa shape index (κ2) is 6.18. The van der Waals surface area contributed by atoms with Gasteiger partial charge in [-0.2, -0.15) is 0 Å². The lowest BCUT2D eigenvalue weighted by Gasteiger charge is -2.09. The summed E-state index contributed by atoms with van der Waals surface area (Å²) in [5.74, 6) is 1.47. The molecule has 3 rings (SSSR count). The summed E-state index contributed by atoms with van der Waals surface area (Å²) in [7, 11) is 1.61. The van der Waals surface area contributed by atoms with Gasteiger partial charge in [0.15, 0.2) is 0 Å². The van der Waals surface area contributed by atoms with Crippen LogP contribution in [0.4, 0.5) is 17.2 Å². The molecule has 0 aliphatic carbocycles. The number of hydrogen-bond donors (Lipinski definition) is 2. The average Bonchev–Trinajstić information content (AvgIpc) is 2.56. The lowest BCUT2D eigenvalue weighted by Crippen LogP contribution is -1.95. The van der Waals surface area contributed by atoms with Crippen molar-refractivity contribution in [1.82, 2.24) is 4.98 Å². The third-order valence-corrected chi connectivity index (χ3v) is 3.37. The maximum Gasteiger partial charge on any atom is 0.141 e. The zero-order valence-corrected chi connectivity index (χ0v) is 12.3. The van der Waals surface area contributed by atoms with E-state index in [9.17, 15) is 0 Å². The fourth-order valence-corrected chi connectivity index (χ4v) is 2.26. The summed E-state index contributed by atoms with van der Waals surface area (Å²) in [6.07, 6.45) is 1.78. The van der Waals surface area contributed by atoms with Gasteiger partial charge in [0.1, 0.15) is 11.6 Å². The van der Waals surface area contributed by atoms with Crippen LogP contribution >= 0.6 is 0 Å². The van der Waals surface area contributed by atoms with Crippen molar-refractivity contribution in [1.29, 1.82) is 0 Å². The number of rotatable bonds is 4. The molecule has 0 aliphatic heterocycles. The molecule has 3 N–H and O–H groups in total. The number of aromatic nitrogens is 1. The minimum atomic E-state index is 0.620. The first-order valence-electron chi connectivity index (χ1n) is 6.98. The fourth-order valence-electron chi connectivity index (χ4n) is 2.26. The molecule has 0 bridgehead atoms. The lowest BCUT2D eigenvalue weighted by molar-refractivity contribution is 0.417. The quantitative estimate of drug-likeness (QED) is 0.711. The highest BCUT2D eigenvalue weighted by atomic mass is 16.5. The molecule has 0 saturated heterocycles. The molecule has 0 saturated carbocycles. The predicted octanol–water partition coefficient (Wildman–Crippen LogP) is 4.08. The molecule has 1 aromatic heterocycles. The molecule has 0 amide bonds. The Hall–Kier alpha value is -3.01. The number of nitrogens with zero attached hydrogens (tertiary/aromatic N) is 1. The summed E-state index contributed by atoms with van der Waals surface area (Å²) in [5.41, 5.74) is 9.66. The van der Waals surface area contributed by atoms with Crippen LogP contribution in [0.2, 0.25) is 0 Å². The summed E-state index contributed by atoms with van der Waals surface area (Å²) < 4.78 is 5.19. The highest BCUT2D eigenvalue weighted by Crippen LogP contribution is 2.29. The van der Waals surface area contributed by atoms with Crippen LogP contribution < -0.4 is 15.8 Å². The van der Waals surface area contributed by atoms with Crippen molar-refractivity contribution in [3.63, 3.8) is 0 Å². The normalized spacial score (nSPS) is 10.2. The average molecular weight is 291 g/mol. The van der Waals surface area contributed by atoms with Crippen molar-refractivity contribution >= 4 is 17.2 Å². The molecule has 1 heterocycles. The molecule has 0 atom stereocenters. The van der Waals surface area contributed by atoms with Gasteiger partial charge in [0.25, 0.3) is 0 Å². The van der Waals surface area contributed by atoms with E-state index in [4.69, 9.17) is 10.5 Å². The number of pyridine rings is 1. The summed E-state index contributed by atoms with van der Waals surface area (Å²) in [5, 5.41) is 3.28. The number of methoxy groups -OCH3 is 1. The van der Waals surface area contributed by atoms with Gasteiger partial charge in [-0.15, -0.1) is 0 Å². The van der Waals surface area contributed by atoms with E-state index < -0.39 is 0 Å². The van der Waals surface area contributed by atoms with Crippen molar-refractivity contribution in [2.45, 2.75) is 0 Å². The molecule has 0 radical (unpaired) electrons. The standard InChI is InChI=1S/C18H17N3O/c1-22-17-8-7-13(11-16(17)19)14-9-10-20-18(12-14)21-15-5-3-2-4-6-15/h2-12H,19H2,1H3,(H,20,21). The van der Waals surface area contributed by atoms with Gasteiger partial charge in [-0.25, -0.2) is 4.98 Å². The molecule has 0 unspecified atom stereocenters. The third-order valence-electron chi connectivity index (χ3n) is 3.37. The Bertz CT molecular complexity index is 772. The monoisotopic (exact) mass is 291 g/mol. The van der Waals surface area contributed by atoms with Crippen LogP contribution in [0.5, 0.6) is 5.75 Å². The van der Waals surface area contributed by atoms with Crippen molar-refractivity contribution < 1.29 is 4.74 Å². The Morgan fingerprint density at radius 3 is 2.45 bits per heavy atom. The van der Waals surface area contributed by atoms with Crippen molar-refractivity contribution in [2.75, 3.05) is 18.2 Å². The predicted molar refractivity (Wildman–Crippen MR) is 90.4 cm³/mol. The zero-order valence-electron chi connectivity index (χ0n) is 12.3. The van der Waals surface area contributed by atoms with Crippen molar-refractivity contribution in [3.8, 4) is 16.9 Å². The van der Waals surface area contributed by atoms with Gasteiger partial charge in [0.05, 0.1) is 12.8 Å². The van der Waals surface area contributed by atoms with Gasteiger partial charge in [-0.3, -0.25) is 0 Å². The molecule has 22 heavy (non-hydrogen) atoms. The van der Waals surface area contributed by atoms with Crippen LogP contribution in [0.3, 0.4) is 0 Å². The molecule has 0 fully saturated rings. The topological polar surface area (TPSA) is 60.2 Å². The van der Waals surface area contributed by atoms with Crippen LogP contribution in [0.15, 0.2) is 66.9 Å². The van der Waals surface area contributed by atoms with Gasteiger partial charge in [0.2, 0.25) is 0 Å². The fraction of sp³-hybridized carbons (Fsp3) is 0.0556. The number of nitrogen functional groups attached to an aromatic ring is 1. The van der Waals surface area contributed by atoms with Crippen LogP contribution in [0.25, 0.3) is 11.1 Å². The molecular formula is C18H17N3O. The van der Waals surface area contributed by atoms with Gasteiger partial charge < -0.3 is 15.8 Å². The third kappa shape index (κ3) is 3.01.